The van der Waals surface area contributed by atoms with Crippen LogP contribution in [0.15, 0.2) is 12.3 Å². The van der Waals surface area contributed by atoms with Gasteiger partial charge in [0, 0.05) is 12.7 Å². The van der Waals surface area contributed by atoms with E-state index in [0.29, 0.717) is 6.54 Å². The molecule has 6 N–H and O–H groups in total. The van der Waals surface area contributed by atoms with Crippen LogP contribution in [0.25, 0.3) is 0 Å². The summed E-state index contributed by atoms with van der Waals surface area (Å²) >= 11 is 0. The summed E-state index contributed by atoms with van der Waals surface area (Å²) in [4.78, 5) is 35.3. The summed E-state index contributed by atoms with van der Waals surface area (Å²) in [5.74, 6) is 0. The van der Waals surface area contributed by atoms with Gasteiger partial charge in [0.1, 0.15) is 0 Å². The van der Waals surface area contributed by atoms with Crippen molar-refractivity contribution in [1.82, 2.24) is 15.8 Å². The predicted octanol–water partition coefficient (Wildman–Crippen LogP) is -1.49. The molecule has 0 aromatic rings. The van der Waals surface area contributed by atoms with Crippen LogP contribution in [0, 0.1) is 0 Å². The van der Waals surface area contributed by atoms with Crippen LogP contribution in [0.4, 0.5) is 0 Å². The molecule has 0 unspecified atom stereocenters. The fourth-order valence-electron chi connectivity index (χ4n) is 1.08. The normalized spacial score (nSPS) is 18.2. The lowest BCUT2D eigenvalue weighted by Gasteiger charge is -2.30. The summed E-state index contributed by atoms with van der Waals surface area (Å²) in [7, 11) is -9.88. The van der Waals surface area contributed by atoms with E-state index in [2.05, 4.69) is 10.7 Å². The maximum atomic E-state index is 10.9. The van der Waals surface area contributed by atoms with E-state index in [1.54, 1.807) is 6.08 Å². The maximum absolute atomic E-state index is 10.9. The lowest BCUT2D eigenvalue weighted by Crippen LogP contribution is -2.47. The van der Waals surface area contributed by atoms with Gasteiger partial charge in [-0.05, 0) is 0 Å². The van der Waals surface area contributed by atoms with Crippen LogP contribution >= 0.6 is 15.2 Å². The molecule has 1 rings (SSSR count). The average Bonchev–Trinajstić information content (AvgIpc) is 2.12. The lowest BCUT2D eigenvalue weighted by molar-refractivity contribution is 0.221. The van der Waals surface area contributed by atoms with Crippen LogP contribution in [-0.2, 0) is 9.13 Å². The summed E-state index contributed by atoms with van der Waals surface area (Å²) in [6.45, 7) is 0.766. The quantitative estimate of drug-likeness (QED) is 0.337. The van der Waals surface area contributed by atoms with Crippen LogP contribution in [0.3, 0.4) is 0 Å². The Hall–Kier alpha value is -0.240. The second-order valence-electron chi connectivity index (χ2n) is 3.15. The van der Waals surface area contributed by atoms with Gasteiger partial charge in [-0.2, -0.15) is 0 Å². The number of nitrogens with one attached hydrogen (secondary N) is 2. The Morgan fingerprint density at radius 1 is 1.25 bits per heavy atom. The molecule has 0 aromatic heterocycles. The zero-order valence-corrected chi connectivity index (χ0v) is 9.88. The molecule has 0 fully saturated rings. The molecule has 11 heteroatoms. The highest BCUT2D eigenvalue weighted by atomic mass is 31.2. The van der Waals surface area contributed by atoms with Crippen molar-refractivity contribution in [2.75, 3.05) is 13.2 Å². The molecule has 0 aromatic carbocycles. The lowest BCUT2D eigenvalue weighted by atomic mass is 10.5. The molecule has 0 aliphatic carbocycles. The zero-order valence-electron chi connectivity index (χ0n) is 8.09. The highest BCUT2D eigenvalue weighted by molar-refractivity contribution is 7.70. The SMILES string of the molecule is O=P(O)(O)C(NN1C=CCNC1)P(=O)(O)O. The van der Waals surface area contributed by atoms with Crippen LogP contribution in [0.2, 0.25) is 0 Å². The Kier molecular flexibility index (Phi) is 4.28. The number of nitrogens with zero attached hydrogens (tertiary/aromatic N) is 1. The van der Waals surface area contributed by atoms with Crippen molar-refractivity contribution in [1.29, 1.82) is 0 Å². The molecule has 0 saturated heterocycles. The fraction of sp³-hybridized carbons (Fsp3) is 0.600. The van der Waals surface area contributed by atoms with Gasteiger partial charge in [-0.1, -0.05) is 6.08 Å². The molecule has 0 atom stereocenters. The van der Waals surface area contributed by atoms with Crippen LogP contribution in [-0.4, -0.2) is 43.3 Å². The van der Waals surface area contributed by atoms with E-state index in [-0.39, 0.29) is 6.67 Å². The highest BCUT2D eigenvalue weighted by Gasteiger charge is 2.44. The Balaban J connectivity index is 2.79. The Labute approximate surface area is 91.4 Å². The summed E-state index contributed by atoms with van der Waals surface area (Å²) < 4.78 is 21.8. The minimum Gasteiger partial charge on any atom is -0.323 e. The molecule has 16 heavy (non-hydrogen) atoms. The third-order valence-corrected chi connectivity index (χ3v) is 5.06. The third-order valence-electron chi connectivity index (χ3n) is 1.75. The number of hydrazine groups is 1. The maximum Gasteiger partial charge on any atom is 0.356 e. The summed E-state index contributed by atoms with van der Waals surface area (Å²) in [6, 6.07) is 0. The van der Waals surface area contributed by atoms with Gasteiger partial charge >= 0.3 is 15.2 Å². The van der Waals surface area contributed by atoms with Crippen molar-refractivity contribution in [2.24, 2.45) is 0 Å². The molecular formula is C5H13N3O6P2. The van der Waals surface area contributed by atoms with E-state index >= 15 is 0 Å². The molecule has 0 radical (unpaired) electrons. The smallest absolute Gasteiger partial charge is 0.323 e. The molecule has 0 spiro atoms. The third kappa shape index (κ3) is 3.97. The monoisotopic (exact) mass is 273 g/mol. The van der Waals surface area contributed by atoms with E-state index in [9.17, 15) is 9.13 Å². The Bertz CT molecular complexity index is 339. The molecule has 0 bridgehead atoms. The standard InChI is InChI=1S/C5H13N3O6P2/c9-15(10,11)5(16(12,13)14)7-8-3-1-2-6-4-8/h1,3,5-7H,2,4H2,(H2,9,10,11)(H2,12,13,14). The van der Waals surface area contributed by atoms with Gasteiger partial charge in [-0.3, -0.25) is 14.4 Å². The molecule has 1 aliphatic rings. The van der Waals surface area contributed by atoms with Gasteiger partial charge < -0.3 is 24.6 Å². The summed E-state index contributed by atoms with van der Waals surface area (Å²) in [6.07, 6.45) is 3.07. The van der Waals surface area contributed by atoms with Gasteiger partial charge in [0.05, 0.1) is 6.67 Å². The minimum absolute atomic E-state index is 0.188. The average molecular weight is 273 g/mol. The molecule has 1 aliphatic heterocycles. The molecule has 0 saturated carbocycles. The molecule has 0 amide bonds. The van der Waals surface area contributed by atoms with E-state index in [4.69, 9.17) is 19.6 Å². The van der Waals surface area contributed by atoms with Gasteiger partial charge in [0.15, 0.2) is 0 Å². The van der Waals surface area contributed by atoms with Gasteiger partial charge in [-0.25, -0.2) is 5.43 Å². The van der Waals surface area contributed by atoms with E-state index < -0.39 is 20.7 Å². The molecule has 1 heterocycles. The second-order valence-corrected chi connectivity index (χ2v) is 6.94. The first-order valence-electron chi connectivity index (χ1n) is 4.22. The van der Waals surface area contributed by atoms with Crippen molar-refractivity contribution in [2.45, 2.75) is 5.52 Å². The van der Waals surface area contributed by atoms with E-state index in [0.717, 1.165) is 5.01 Å². The summed E-state index contributed by atoms with van der Waals surface area (Å²) in [5.41, 5.74) is -0.138. The molecule has 9 nitrogen and oxygen atoms in total. The second kappa shape index (κ2) is 4.95. The Morgan fingerprint density at radius 2 is 1.81 bits per heavy atom. The van der Waals surface area contributed by atoms with E-state index in [1.165, 1.54) is 6.20 Å². The van der Waals surface area contributed by atoms with Crippen LogP contribution in [0.5, 0.6) is 0 Å². The predicted molar refractivity (Wildman–Crippen MR) is 54.9 cm³/mol. The first-order valence-corrected chi connectivity index (χ1v) is 7.58. The first-order chi connectivity index (χ1) is 7.21. The van der Waals surface area contributed by atoms with Crippen molar-refractivity contribution >= 4 is 15.2 Å². The number of hydrogen-bond donors (Lipinski definition) is 6. The summed E-state index contributed by atoms with van der Waals surface area (Å²) in [5, 5.41) is 3.97. The largest absolute Gasteiger partial charge is 0.356 e. The van der Waals surface area contributed by atoms with E-state index in [1.807, 2.05) is 0 Å². The van der Waals surface area contributed by atoms with Crippen molar-refractivity contribution in [3.63, 3.8) is 0 Å². The van der Waals surface area contributed by atoms with Crippen molar-refractivity contribution < 1.29 is 28.7 Å². The van der Waals surface area contributed by atoms with Crippen molar-refractivity contribution in [3.05, 3.63) is 12.3 Å². The van der Waals surface area contributed by atoms with Crippen LogP contribution < -0.4 is 10.7 Å². The first kappa shape index (κ1) is 13.8. The number of rotatable bonds is 4. The van der Waals surface area contributed by atoms with Gasteiger partial charge in [0.25, 0.3) is 0 Å². The zero-order chi connectivity index (χ0) is 12.4. The Morgan fingerprint density at radius 3 is 2.19 bits per heavy atom. The number of hydrogen-bond acceptors (Lipinski definition) is 5. The van der Waals surface area contributed by atoms with Gasteiger partial charge in [-0.15, -0.1) is 0 Å². The highest BCUT2D eigenvalue weighted by Crippen LogP contribution is 2.58. The van der Waals surface area contributed by atoms with Gasteiger partial charge in [0.2, 0.25) is 5.52 Å². The fourth-order valence-corrected chi connectivity index (χ4v) is 3.25. The minimum atomic E-state index is -4.94. The molecular weight excluding hydrogens is 260 g/mol. The van der Waals surface area contributed by atoms with Crippen LogP contribution in [0.1, 0.15) is 0 Å². The molecule has 94 valence electrons. The van der Waals surface area contributed by atoms with Crippen molar-refractivity contribution in [3.8, 4) is 0 Å². The topological polar surface area (TPSA) is 142 Å².